The fourth-order valence-electron chi connectivity index (χ4n) is 2.62. The molecule has 2 N–H and O–H groups in total. The second-order valence-corrected chi connectivity index (χ2v) is 6.59. The Morgan fingerprint density at radius 1 is 1.38 bits per heavy atom. The number of halogens is 2. The topological polar surface area (TPSA) is 27.3 Å². The number of thiocarbonyl (C=S) groups is 1. The maximum absolute atomic E-state index is 6.00. The van der Waals surface area contributed by atoms with Crippen molar-refractivity contribution in [2.75, 3.05) is 25.0 Å². The molecule has 0 spiro atoms. The lowest BCUT2D eigenvalue weighted by Crippen LogP contribution is -2.48. The van der Waals surface area contributed by atoms with Crippen molar-refractivity contribution >= 4 is 46.2 Å². The summed E-state index contributed by atoms with van der Waals surface area (Å²) in [5, 5.41) is 8.26. The number of nitrogens with zero attached hydrogens (tertiary/aromatic N) is 1. The Kier molecular flexibility index (Phi) is 6.55. The molecule has 0 aliphatic carbocycles. The fraction of sp³-hybridized carbons (Fsp3) is 0.533. The summed E-state index contributed by atoms with van der Waals surface area (Å²) in [6, 6.07) is 5.82. The Bertz CT molecular complexity index is 494. The van der Waals surface area contributed by atoms with Crippen LogP contribution in [0.5, 0.6) is 0 Å². The van der Waals surface area contributed by atoms with Gasteiger partial charge < -0.3 is 15.5 Å². The minimum absolute atomic E-state index is 0.410. The molecule has 1 heterocycles. The summed E-state index contributed by atoms with van der Waals surface area (Å²) >= 11 is 17.3. The molecular formula is C15H21Cl2N3S. The van der Waals surface area contributed by atoms with E-state index in [0.717, 1.165) is 25.2 Å². The van der Waals surface area contributed by atoms with Gasteiger partial charge in [-0.15, -0.1) is 0 Å². The third-order valence-electron chi connectivity index (χ3n) is 3.56. The standard InChI is InChI=1S/C15H21Cl2N3S/c1-2-7-20-8-3-4-12(10-20)19-15(21)18-11-5-6-13(16)14(17)9-11/h5-6,9,12H,2-4,7-8,10H2,1H3,(H2,18,19,21)/t12-/m1/s1. The summed E-state index contributed by atoms with van der Waals surface area (Å²) in [5.74, 6) is 0. The van der Waals surface area contributed by atoms with Crippen LogP contribution in [-0.4, -0.2) is 35.7 Å². The molecule has 0 saturated carbocycles. The van der Waals surface area contributed by atoms with Gasteiger partial charge in [-0.05, 0) is 62.8 Å². The van der Waals surface area contributed by atoms with Crippen molar-refractivity contribution in [3.05, 3.63) is 28.2 Å². The molecule has 116 valence electrons. The second kappa shape index (κ2) is 8.18. The predicted molar refractivity (Wildman–Crippen MR) is 95.6 cm³/mol. The monoisotopic (exact) mass is 345 g/mol. The van der Waals surface area contributed by atoms with E-state index in [1.807, 2.05) is 6.07 Å². The first-order valence-electron chi connectivity index (χ1n) is 7.33. The van der Waals surface area contributed by atoms with E-state index in [4.69, 9.17) is 35.4 Å². The minimum Gasteiger partial charge on any atom is -0.358 e. The highest BCUT2D eigenvalue weighted by Gasteiger charge is 2.19. The highest BCUT2D eigenvalue weighted by molar-refractivity contribution is 7.80. The Balaban J connectivity index is 1.84. The Morgan fingerprint density at radius 2 is 2.19 bits per heavy atom. The molecule has 1 fully saturated rings. The zero-order valence-electron chi connectivity index (χ0n) is 12.2. The number of hydrogen-bond donors (Lipinski definition) is 2. The lowest BCUT2D eigenvalue weighted by Gasteiger charge is -2.33. The van der Waals surface area contributed by atoms with Gasteiger partial charge in [0.1, 0.15) is 0 Å². The van der Waals surface area contributed by atoms with Gasteiger partial charge in [0.15, 0.2) is 5.11 Å². The molecule has 1 atom stereocenters. The van der Waals surface area contributed by atoms with Crippen LogP contribution in [0.3, 0.4) is 0 Å². The first-order valence-corrected chi connectivity index (χ1v) is 8.50. The number of rotatable bonds is 4. The third-order valence-corrected chi connectivity index (χ3v) is 4.52. The van der Waals surface area contributed by atoms with Crippen molar-refractivity contribution < 1.29 is 0 Å². The van der Waals surface area contributed by atoms with Gasteiger partial charge in [-0.25, -0.2) is 0 Å². The molecule has 1 saturated heterocycles. The van der Waals surface area contributed by atoms with Crippen molar-refractivity contribution in [3.8, 4) is 0 Å². The number of benzene rings is 1. The van der Waals surface area contributed by atoms with Gasteiger partial charge in [0.25, 0.3) is 0 Å². The molecule has 1 aromatic rings. The summed E-state index contributed by atoms with van der Waals surface area (Å²) in [7, 11) is 0. The minimum atomic E-state index is 0.410. The van der Waals surface area contributed by atoms with E-state index in [1.165, 1.54) is 19.4 Å². The normalized spacial score (nSPS) is 19.3. The van der Waals surface area contributed by atoms with Crippen molar-refractivity contribution in [2.45, 2.75) is 32.2 Å². The number of piperidine rings is 1. The van der Waals surface area contributed by atoms with Gasteiger partial charge in [-0.2, -0.15) is 0 Å². The highest BCUT2D eigenvalue weighted by atomic mass is 35.5. The van der Waals surface area contributed by atoms with Crippen LogP contribution in [0, 0.1) is 0 Å². The van der Waals surface area contributed by atoms with Crippen LogP contribution < -0.4 is 10.6 Å². The van der Waals surface area contributed by atoms with E-state index in [2.05, 4.69) is 22.5 Å². The Labute approximate surface area is 142 Å². The predicted octanol–water partition coefficient (Wildman–Crippen LogP) is 4.15. The lowest BCUT2D eigenvalue weighted by atomic mass is 10.1. The van der Waals surface area contributed by atoms with E-state index in [1.54, 1.807) is 12.1 Å². The first kappa shape index (κ1) is 16.8. The van der Waals surface area contributed by atoms with Crippen LogP contribution in [0.1, 0.15) is 26.2 Å². The van der Waals surface area contributed by atoms with E-state index in [9.17, 15) is 0 Å². The average Bonchev–Trinajstić information content (AvgIpc) is 2.43. The molecule has 0 aromatic heterocycles. The van der Waals surface area contributed by atoms with E-state index < -0.39 is 0 Å². The zero-order chi connectivity index (χ0) is 15.2. The van der Waals surface area contributed by atoms with Crippen LogP contribution >= 0.6 is 35.4 Å². The van der Waals surface area contributed by atoms with Crippen molar-refractivity contribution in [1.29, 1.82) is 0 Å². The first-order chi connectivity index (χ1) is 10.1. The molecule has 0 bridgehead atoms. The SMILES string of the molecule is CCCN1CCC[C@@H](NC(=S)Nc2ccc(Cl)c(Cl)c2)C1. The van der Waals surface area contributed by atoms with Crippen LogP contribution in [0.25, 0.3) is 0 Å². The van der Waals surface area contributed by atoms with Gasteiger partial charge in [0.2, 0.25) is 0 Å². The fourth-order valence-corrected chi connectivity index (χ4v) is 3.20. The molecule has 0 unspecified atom stereocenters. The van der Waals surface area contributed by atoms with Crippen molar-refractivity contribution in [1.82, 2.24) is 10.2 Å². The van der Waals surface area contributed by atoms with Crippen LogP contribution in [-0.2, 0) is 0 Å². The largest absolute Gasteiger partial charge is 0.358 e. The van der Waals surface area contributed by atoms with Gasteiger partial charge in [-0.3, -0.25) is 0 Å². The zero-order valence-corrected chi connectivity index (χ0v) is 14.5. The van der Waals surface area contributed by atoms with Crippen molar-refractivity contribution in [3.63, 3.8) is 0 Å². The van der Waals surface area contributed by atoms with Gasteiger partial charge in [0.05, 0.1) is 10.0 Å². The molecule has 1 aromatic carbocycles. The number of nitrogens with one attached hydrogen (secondary N) is 2. The third kappa shape index (κ3) is 5.29. The van der Waals surface area contributed by atoms with Gasteiger partial charge in [-0.1, -0.05) is 30.1 Å². The molecule has 0 amide bonds. The summed E-state index contributed by atoms with van der Waals surface area (Å²) in [5.41, 5.74) is 0.850. The molecule has 21 heavy (non-hydrogen) atoms. The van der Waals surface area contributed by atoms with Crippen LogP contribution in [0.2, 0.25) is 10.0 Å². The summed E-state index contributed by atoms with van der Waals surface area (Å²) in [6.45, 7) is 5.62. The second-order valence-electron chi connectivity index (χ2n) is 5.37. The van der Waals surface area contributed by atoms with Crippen LogP contribution in [0.4, 0.5) is 5.69 Å². The summed E-state index contributed by atoms with van der Waals surface area (Å²) < 4.78 is 0. The number of hydrogen-bond acceptors (Lipinski definition) is 2. The smallest absolute Gasteiger partial charge is 0.171 e. The van der Waals surface area contributed by atoms with E-state index >= 15 is 0 Å². The molecule has 1 aliphatic rings. The average molecular weight is 346 g/mol. The molecule has 3 nitrogen and oxygen atoms in total. The van der Waals surface area contributed by atoms with Crippen LogP contribution in [0.15, 0.2) is 18.2 Å². The molecule has 2 rings (SSSR count). The quantitative estimate of drug-likeness (QED) is 0.801. The Morgan fingerprint density at radius 3 is 2.90 bits per heavy atom. The molecule has 0 radical (unpaired) electrons. The van der Waals surface area contributed by atoms with E-state index in [0.29, 0.717) is 21.2 Å². The maximum atomic E-state index is 6.00. The van der Waals surface area contributed by atoms with E-state index in [-0.39, 0.29) is 0 Å². The summed E-state index contributed by atoms with van der Waals surface area (Å²) in [4.78, 5) is 2.49. The maximum Gasteiger partial charge on any atom is 0.171 e. The number of anilines is 1. The highest BCUT2D eigenvalue weighted by Crippen LogP contribution is 2.25. The molecule has 6 heteroatoms. The summed E-state index contributed by atoms with van der Waals surface area (Å²) in [6.07, 6.45) is 3.56. The van der Waals surface area contributed by atoms with Gasteiger partial charge in [0, 0.05) is 18.3 Å². The molecular weight excluding hydrogens is 325 g/mol. The van der Waals surface area contributed by atoms with Gasteiger partial charge >= 0.3 is 0 Å². The van der Waals surface area contributed by atoms with Crippen molar-refractivity contribution in [2.24, 2.45) is 0 Å². The molecule has 1 aliphatic heterocycles. The Hall–Kier alpha value is -0.550. The lowest BCUT2D eigenvalue weighted by molar-refractivity contribution is 0.201. The number of likely N-dealkylation sites (tertiary alicyclic amines) is 1.